The number of hydrogen-bond donors (Lipinski definition) is 1. The highest BCUT2D eigenvalue weighted by Crippen LogP contribution is 2.18. The molecule has 2 aliphatic heterocycles. The molecule has 0 bridgehead atoms. The third-order valence-electron chi connectivity index (χ3n) is 6.44. The number of benzene rings is 1. The van der Waals surface area contributed by atoms with E-state index in [-0.39, 0.29) is 11.2 Å². The highest BCUT2D eigenvalue weighted by molar-refractivity contribution is 5.48. The second kappa shape index (κ2) is 10.9. The summed E-state index contributed by atoms with van der Waals surface area (Å²) in [6, 6.07) is 11.9. The van der Waals surface area contributed by atoms with E-state index in [0.29, 0.717) is 18.8 Å². The second-order valence-electron chi connectivity index (χ2n) is 8.63. The molecule has 2 saturated heterocycles. The lowest BCUT2D eigenvalue weighted by Crippen LogP contribution is -2.46. The van der Waals surface area contributed by atoms with Crippen molar-refractivity contribution in [3.8, 4) is 5.75 Å². The highest BCUT2D eigenvalue weighted by Gasteiger charge is 2.21. The summed E-state index contributed by atoms with van der Waals surface area (Å²) in [5.41, 5.74) is 2.58. The number of aromatic nitrogens is 1. The summed E-state index contributed by atoms with van der Waals surface area (Å²) in [6.45, 7) is 9.18. The van der Waals surface area contributed by atoms with Crippen LogP contribution in [0.1, 0.15) is 17.0 Å². The SMILES string of the molecule is Cn1c(CN2CCOCC2)cc(=O)c(O)c1CN1CCN(CC=Cc2ccccc2)CC1. The molecular formula is C25H34N4O3. The molecule has 1 aromatic carbocycles. The molecule has 0 spiro atoms. The van der Waals surface area contributed by atoms with Gasteiger partial charge in [0.05, 0.1) is 18.9 Å². The molecule has 3 heterocycles. The van der Waals surface area contributed by atoms with Crippen molar-refractivity contribution in [2.45, 2.75) is 13.1 Å². The zero-order chi connectivity index (χ0) is 22.3. The van der Waals surface area contributed by atoms with Crippen LogP contribution in [0.3, 0.4) is 0 Å². The topological polar surface area (TPSA) is 61.2 Å². The van der Waals surface area contributed by atoms with Crippen molar-refractivity contribution >= 4 is 6.08 Å². The van der Waals surface area contributed by atoms with Crippen molar-refractivity contribution in [3.63, 3.8) is 0 Å². The van der Waals surface area contributed by atoms with Gasteiger partial charge in [-0.25, -0.2) is 0 Å². The normalized spacial score (nSPS) is 19.0. The Hall–Kier alpha value is -2.45. The lowest BCUT2D eigenvalue weighted by molar-refractivity contribution is 0.0331. The summed E-state index contributed by atoms with van der Waals surface area (Å²) in [5.74, 6) is -0.119. The minimum Gasteiger partial charge on any atom is -0.503 e. The van der Waals surface area contributed by atoms with Gasteiger partial charge in [0.1, 0.15) is 0 Å². The Morgan fingerprint density at radius 1 is 0.938 bits per heavy atom. The number of morpholine rings is 1. The monoisotopic (exact) mass is 438 g/mol. The maximum Gasteiger partial charge on any atom is 0.223 e. The number of piperazine rings is 1. The maximum absolute atomic E-state index is 12.4. The molecule has 2 aliphatic rings. The predicted octanol–water partition coefficient (Wildman–Crippen LogP) is 1.75. The van der Waals surface area contributed by atoms with E-state index >= 15 is 0 Å². The van der Waals surface area contributed by atoms with E-state index in [1.54, 1.807) is 6.07 Å². The van der Waals surface area contributed by atoms with Crippen molar-refractivity contribution in [2.24, 2.45) is 7.05 Å². The molecule has 7 nitrogen and oxygen atoms in total. The molecule has 2 aromatic rings. The Bertz CT molecular complexity index is 959. The third kappa shape index (κ3) is 5.86. The van der Waals surface area contributed by atoms with Gasteiger partial charge in [0.2, 0.25) is 5.43 Å². The van der Waals surface area contributed by atoms with E-state index in [1.165, 1.54) is 5.56 Å². The van der Waals surface area contributed by atoms with Crippen molar-refractivity contribution in [3.05, 3.63) is 69.6 Å². The van der Waals surface area contributed by atoms with Crippen LogP contribution in [0, 0.1) is 0 Å². The van der Waals surface area contributed by atoms with Gasteiger partial charge in [-0.1, -0.05) is 42.5 Å². The van der Waals surface area contributed by atoms with Crippen LogP contribution >= 0.6 is 0 Å². The Morgan fingerprint density at radius 2 is 1.59 bits per heavy atom. The zero-order valence-corrected chi connectivity index (χ0v) is 18.9. The lowest BCUT2D eigenvalue weighted by Gasteiger charge is -2.35. The van der Waals surface area contributed by atoms with Crippen molar-refractivity contribution in [1.29, 1.82) is 0 Å². The number of pyridine rings is 1. The summed E-state index contributed by atoms with van der Waals surface area (Å²) >= 11 is 0. The van der Waals surface area contributed by atoms with Gasteiger partial charge in [-0.15, -0.1) is 0 Å². The fourth-order valence-electron chi connectivity index (χ4n) is 4.36. The number of hydrogen-bond acceptors (Lipinski definition) is 6. The maximum atomic E-state index is 12.4. The van der Waals surface area contributed by atoms with Crippen LogP contribution in [0.25, 0.3) is 6.08 Å². The van der Waals surface area contributed by atoms with Gasteiger partial charge in [-0.3, -0.25) is 19.5 Å². The van der Waals surface area contributed by atoms with Crippen molar-refractivity contribution in [2.75, 3.05) is 59.0 Å². The molecule has 32 heavy (non-hydrogen) atoms. The van der Waals surface area contributed by atoms with Gasteiger partial charge in [-0.05, 0) is 5.56 Å². The molecule has 1 N–H and O–H groups in total. The number of nitrogens with zero attached hydrogens (tertiary/aromatic N) is 4. The molecule has 1 aromatic heterocycles. The molecule has 0 atom stereocenters. The second-order valence-corrected chi connectivity index (χ2v) is 8.63. The molecule has 0 aliphatic carbocycles. The molecule has 172 valence electrons. The van der Waals surface area contributed by atoms with Crippen LogP contribution in [0.15, 0.2) is 47.3 Å². The predicted molar refractivity (Wildman–Crippen MR) is 127 cm³/mol. The van der Waals surface area contributed by atoms with Crippen molar-refractivity contribution < 1.29 is 9.84 Å². The van der Waals surface area contributed by atoms with Gasteiger partial charge in [0.25, 0.3) is 0 Å². The van der Waals surface area contributed by atoms with Crippen LogP contribution < -0.4 is 5.43 Å². The van der Waals surface area contributed by atoms with E-state index in [9.17, 15) is 9.90 Å². The number of rotatable bonds is 7. The Balaban J connectivity index is 1.34. The first-order valence-corrected chi connectivity index (χ1v) is 11.5. The van der Waals surface area contributed by atoms with Gasteiger partial charge in [0.15, 0.2) is 5.75 Å². The van der Waals surface area contributed by atoms with E-state index in [4.69, 9.17) is 4.74 Å². The summed E-state index contributed by atoms with van der Waals surface area (Å²) in [5, 5.41) is 10.5. The summed E-state index contributed by atoms with van der Waals surface area (Å²) < 4.78 is 7.43. The lowest BCUT2D eigenvalue weighted by atomic mass is 10.2. The van der Waals surface area contributed by atoms with Gasteiger partial charge >= 0.3 is 0 Å². The van der Waals surface area contributed by atoms with E-state index < -0.39 is 0 Å². The molecule has 0 saturated carbocycles. The standard InChI is InChI=1S/C25H34N4O3/c1-26-22(19-29-14-16-32-17-15-29)18-24(30)25(31)23(26)20-28-12-10-27(11-13-28)9-5-8-21-6-3-2-4-7-21/h2-8,18,31H,9-17,19-20H2,1H3. The van der Waals surface area contributed by atoms with E-state index in [2.05, 4.69) is 51.1 Å². The third-order valence-corrected chi connectivity index (χ3v) is 6.44. The Labute approximate surface area is 190 Å². The number of aromatic hydroxyl groups is 1. The van der Waals surface area contributed by atoms with Crippen LogP contribution in [0.2, 0.25) is 0 Å². The largest absolute Gasteiger partial charge is 0.503 e. The molecule has 2 fully saturated rings. The van der Waals surface area contributed by atoms with Crippen LogP contribution in [0.5, 0.6) is 5.75 Å². The molecule has 4 rings (SSSR count). The minimum absolute atomic E-state index is 0.119. The Kier molecular flexibility index (Phi) is 7.76. The van der Waals surface area contributed by atoms with Crippen molar-refractivity contribution in [1.82, 2.24) is 19.3 Å². The van der Waals surface area contributed by atoms with Crippen LogP contribution in [-0.2, 0) is 24.9 Å². The van der Waals surface area contributed by atoms with Crippen LogP contribution in [-0.4, -0.2) is 83.4 Å². The van der Waals surface area contributed by atoms with Gasteiger partial charge < -0.3 is 14.4 Å². The summed E-state index contributed by atoms with van der Waals surface area (Å²) in [6.07, 6.45) is 4.38. The average Bonchev–Trinajstić information content (AvgIpc) is 2.82. The first-order valence-electron chi connectivity index (χ1n) is 11.5. The summed E-state index contributed by atoms with van der Waals surface area (Å²) in [7, 11) is 1.95. The molecular weight excluding hydrogens is 404 g/mol. The average molecular weight is 439 g/mol. The quantitative estimate of drug-likeness (QED) is 0.711. The molecule has 7 heteroatoms. The molecule has 0 unspecified atom stereocenters. The fourth-order valence-corrected chi connectivity index (χ4v) is 4.36. The first kappa shape index (κ1) is 22.7. The zero-order valence-electron chi connectivity index (χ0n) is 18.9. The minimum atomic E-state index is -0.286. The van der Waals surface area contributed by atoms with E-state index in [0.717, 1.165) is 64.7 Å². The number of ether oxygens (including phenoxy) is 1. The van der Waals surface area contributed by atoms with Gasteiger partial charge in [0, 0.05) is 77.7 Å². The van der Waals surface area contributed by atoms with Crippen LogP contribution in [0.4, 0.5) is 0 Å². The highest BCUT2D eigenvalue weighted by atomic mass is 16.5. The fraction of sp³-hybridized carbons (Fsp3) is 0.480. The summed E-state index contributed by atoms with van der Waals surface area (Å²) in [4.78, 5) is 19.5. The Morgan fingerprint density at radius 3 is 2.31 bits per heavy atom. The molecule has 0 radical (unpaired) electrons. The first-order chi connectivity index (χ1) is 15.6. The molecule has 0 amide bonds. The smallest absolute Gasteiger partial charge is 0.223 e. The van der Waals surface area contributed by atoms with Gasteiger partial charge in [-0.2, -0.15) is 0 Å². The van der Waals surface area contributed by atoms with E-state index in [1.807, 2.05) is 17.7 Å².